The fourth-order valence-electron chi connectivity index (χ4n) is 3.03. The number of aromatic nitrogens is 3. The zero-order valence-corrected chi connectivity index (χ0v) is 14.4. The predicted molar refractivity (Wildman–Crippen MR) is 99.9 cm³/mol. The Morgan fingerprint density at radius 2 is 1.70 bits per heavy atom. The zero-order valence-electron chi connectivity index (χ0n) is 14.4. The molecule has 0 aliphatic rings. The van der Waals surface area contributed by atoms with Crippen molar-refractivity contribution in [2.45, 2.75) is 0 Å². The van der Waals surface area contributed by atoms with Gasteiger partial charge in [-0.2, -0.15) is 5.10 Å². The largest absolute Gasteiger partial charge is 0.452 e. The van der Waals surface area contributed by atoms with E-state index in [2.05, 4.69) is 10.1 Å². The van der Waals surface area contributed by atoms with Gasteiger partial charge < -0.3 is 9.72 Å². The Balaban J connectivity index is 1.60. The van der Waals surface area contributed by atoms with E-state index in [4.69, 9.17) is 4.74 Å². The van der Waals surface area contributed by atoms with Gasteiger partial charge in [-0.3, -0.25) is 9.59 Å². The fourth-order valence-corrected chi connectivity index (χ4v) is 3.03. The van der Waals surface area contributed by atoms with Crippen LogP contribution in [0.15, 0.2) is 59.5 Å². The molecule has 1 N–H and O–H groups in total. The van der Waals surface area contributed by atoms with Gasteiger partial charge in [0.15, 0.2) is 12.3 Å². The monoisotopic (exact) mass is 361 g/mol. The number of hydrogen-bond donors (Lipinski definition) is 1. The van der Waals surface area contributed by atoms with Crippen LogP contribution in [0.5, 0.6) is 0 Å². The summed E-state index contributed by atoms with van der Waals surface area (Å²) in [4.78, 5) is 40.1. The van der Waals surface area contributed by atoms with Crippen molar-refractivity contribution in [3.05, 3.63) is 76.3 Å². The van der Waals surface area contributed by atoms with E-state index >= 15 is 0 Å². The Labute approximate surface area is 153 Å². The first kappa shape index (κ1) is 16.7. The summed E-state index contributed by atoms with van der Waals surface area (Å²) in [6.45, 7) is -0.417. The fraction of sp³-hybridized carbons (Fsp3) is 0.100. The normalized spacial score (nSPS) is 11.0. The molecule has 0 bridgehead atoms. The summed E-state index contributed by atoms with van der Waals surface area (Å²) < 4.78 is 6.27. The number of hydrogen-bond acceptors (Lipinski definition) is 5. The number of H-pyrrole nitrogens is 1. The molecule has 0 saturated carbocycles. The highest BCUT2D eigenvalue weighted by Crippen LogP contribution is 2.19. The highest BCUT2D eigenvalue weighted by atomic mass is 16.5. The number of esters is 1. The Morgan fingerprint density at radius 1 is 1.04 bits per heavy atom. The maximum absolute atomic E-state index is 12.5. The van der Waals surface area contributed by atoms with Crippen LogP contribution in [0.25, 0.3) is 21.7 Å². The zero-order chi connectivity index (χ0) is 19.0. The second-order valence-corrected chi connectivity index (χ2v) is 6.07. The van der Waals surface area contributed by atoms with Crippen molar-refractivity contribution >= 4 is 33.4 Å². The molecule has 0 fully saturated rings. The van der Waals surface area contributed by atoms with Crippen molar-refractivity contribution in [3.63, 3.8) is 0 Å². The van der Waals surface area contributed by atoms with Gasteiger partial charge in [0.25, 0.3) is 5.56 Å². The maximum atomic E-state index is 12.5. The van der Waals surface area contributed by atoms with Gasteiger partial charge in [-0.05, 0) is 12.1 Å². The molecule has 0 radical (unpaired) electrons. The molecular weight excluding hydrogens is 346 g/mol. The summed E-state index contributed by atoms with van der Waals surface area (Å²) >= 11 is 0. The lowest BCUT2D eigenvalue weighted by Crippen LogP contribution is -2.24. The van der Waals surface area contributed by atoms with Crippen molar-refractivity contribution in [2.75, 3.05) is 6.61 Å². The predicted octanol–water partition coefficient (Wildman–Crippen LogP) is 2.45. The lowest BCUT2D eigenvalue weighted by atomic mass is 10.1. The molecule has 2 aromatic carbocycles. The van der Waals surface area contributed by atoms with Crippen LogP contribution in [0.4, 0.5) is 0 Å². The highest BCUT2D eigenvalue weighted by molar-refractivity contribution is 6.09. The lowest BCUT2D eigenvalue weighted by molar-refractivity contribution is 0.0469. The first-order valence-corrected chi connectivity index (χ1v) is 8.29. The molecule has 2 heterocycles. The number of carbonyl (C=O) groups is 2. The Hall–Kier alpha value is -3.74. The number of fused-ring (bicyclic) bond motifs is 2. The van der Waals surface area contributed by atoms with Gasteiger partial charge in [-0.25, -0.2) is 9.48 Å². The topological polar surface area (TPSA) is 94.1 Å². The van der Waals surface area contributed by atoms with Gasteiger partial charge in [-0.15, -0.1) is 0 Å². The summed E-state index contributed by atoms with van der Waals surface area (Å²) in [6.07, 6.45) is 1.60. The smallest absolute Gasteiger partial charge is 0.359 e. The van der Waals surface area contributed by atoms with Gasteiger partial charge >= 0.3 is 5.97 Å². The molecular formula is C20H15N3O4. The highest BCUT2D eigenvalue weighted by Gasteiger charge is 2.19. The average molecular weight is 361 g/mol. The van der Waals surface area contributed by atoms with Crippen molar-refractivity contribution in [2.24, 2.45) is 7.05 Å². The number of aromatic amines is 1. The van der Waals surface area contributed by atoms with Crippen LogP contribution in [0, 0.1) is 0 Å². The Kier molecular flexibility index (Phi) is 4.04. The van der Waals surface area contributed by atoms with Crippen LogP contribution in [-0.2, 0) is 11.8 Å². The van der Waals surface area contributed by atoms with Crippen molar-refractivity contribution in [1.82, 2.24) is 14.8 Å². The van der Waals surface area contributed by atoms with Crippen molar-refractivity contribution in [1.29, 1.82) is 0 Å². The summed E-state index contributed by atoms with van der Waals surface area (Å²) in [5, 5.41) is 5.53. The van der Waals surface area contributed by atoms with Crippen LogP contribution >= 0.6 is 0 Å². The van der Waals surface area contributed by atoms with E-state index < -0.39 is 12.6 Å². The third-order valence-electron chi connectivity index (χ3n) is 4.37. The van der Waals surface area contributed by atoms with E-state index in [-0.39, 0.29) is 17.0 Å². The van der Waals surface area contributed by atoms with Crippen LogP contribution in [0.1, 0.15) is 20.8 Å². The van der Waals surface area contributed by atoms with E-state index in [1.165, 1.54) is 7.05 Å². The number of aryl methyl sites for hydroxylation is 1. The minimum atomic E-state index is -0.755. The first-order valence-electron chi connectivity index (χ1n) is 8.29. The minimum Gasteiger partial charge on any atom is -0.452 e. The number of benzene rings is 2. The number of ether oxygens (including phenoxy) is 1. The van der Waals surface area contributed by atoms with Gasteiger partial charge in [0.2, 0.25) is 5.78 Å². The number of carbonyl (C=O) groups excluding carboxylic acids is 2. The number of para-hydroxylation sites is 1. The molecule has 0 spiro atoms. The molecule has 0 atom stereocenters. The van der Waals surface area contributed by atoms with E-state index in [1.807, 2.05) is 24.3 Å². The molecule has 0 amide bonds. The molecule has 0 aliphatic heterocycles. The summed E-state index contributed by atoms with van der Waals surface area (Å²) in [7, 11) is 1.46. The van der Waals surface area contributed by atoms with Crippen LogP contribution in [0.2, 0.25) is 0 Å². The number of Topliss-reactive ketones (excluding diaryl/α,β-unsaturated/α-hetero) is 1. The maximum Gasteiger partial charge on any atom is 0.359 e. The molecule has 0 saturated heterocycles. The summed E-state index contributed by atoms with van der Waals surface area (Å²) in [6, 6.07) is 14.0. The van der Waals surface area contributed by atoms with Crippen molar-refractivity contribution in [3.8, 4) is 0 Å². The second-order valence-electron chi connectivity index (χ2n) is 6.07. The molecule has 4 rings (SSSR count). The Bertz CT molecular complexity index is 1250. The Morgan fingerprint density at radius 3 is 2.48 bits per heavy atom. The number of rotatable bonds is 4. The third kappa shape index (κ3) is 2.89. The lowest BCUT2D eigenvalue weighted by Gasteiger charge is -2.08. The van der Waals surface area contributed by atoms with Gasteiger partial charge in [0.05, 0.1) is 5.39 Å². The van der Waals surface area contributed by atoms with E-state index in [0.29, 0.717) is 16.3 Å². The summed E-state index contributed by atoms with van der Waals surface area (Å²) in [5.74, 6) is -1.08. The van der Waals surface area contributed by atoms with E-state index in [9.17, 15) is 14.4 Å². The number of nitrogens with zero attached hydrogens (tertiary/aromatic N) is 2. The van der Waals surface area contributed by atoms with Gasteiger partial charge in [0.1, 0.15) is 0 Å². The second kappa shape index (κ2) is 6.53. The number of ketones is 1. The van der Waals surface area contributed by atoms with Gasteiger partial charge in [0, 0.05) is 35.1 Å². The number of nitrogens with one attached hydrogen (secondary N) is 1. The molecule has 0 aliphatic carbocycles. The van der Waals surface area contributed by atoms with E-state index in [1.54, 1.807) is 30.5 Å². The minimum absolute atomic E-state index is 0.000531. The molecule has 27 heavy (non-hydrogen) atoms. The van der Waals surface area contributed by atoms with Crippen LogP contribution < -0.4 is 5.56 Å². The molecule has 0 unspecified atom stereocenters. The van der Waals surface area contributed by atoms with Crippen molar-refractivity contribution < 1.29 is 14.3 Å². The molecule has 4 aromatic rings. The quantitative estimate of drug-likeness (QED) is 0.445. The summed E-state index contributed by atoms with van der Waals surface area (Å²) in [5.41, 5.74) is 0.978. The van der Waals surface area contributed by atoms with Crippen LogP contribution in [-0.4, -0.2) is 33.1 Å². The standard InChI is InChI=1S/C20H15N3O4/c1-23-19(25)14-8-3-2-7-13(14)18(22-23)20(26)27-11-17(24)15-10-21-16-9-5-4-6-12(15)16/h2-10,21H,11H2,1H3. The molecule has 134 valence electrons. The third-order valence-corrected chi connectivity index (χ3v) is 4.37. The SMILES string of the molecule is Cn1nc(C(=O)OCC(=O)c2c[nH]c3ccccc23)c2ccccc2c1=O. The molecule has 7 heteroatoms. The molecule has 7 nitrogen and oxygen atoms in total. The van der Waals surface area contributed by atoms with Gasteiger partial charge in [-0.1, -0.05) is 36.4 Å². The average Bonchev–Trinajstić information content (AvgIpc) is 3.13. The molecule has 2 aromatic heterocycles. The van der Waals surface area contributed by atoms with E-state index in [0.717, 1.165) is 15.6 Å². The first-order chi connectivity index (χ1) is 13.1. The van der Waals surface area contributed by atoms with Crippen LogP contribution in [0.3, 0.4) is 0 Å².